The highest BCUT2D eigenvalue weighted by Crippen LogP contribution is 2.14. The van der Waals surface area contributed by atoms with E-state index in [1.807, 2.05) is 10.9 Å². The zero-order valence-corrected chi connectivity index (χ0v) is 7.14. The first-order valence-electron chi connectivity index (χ1n) is 4.29. The third-order valence-electron chi connectivity index (χ3n) is 2.06. The molecule has 62 valence electrons. The molecule has 0 saturated heterocycles. The Morgan fingerprint density at radius 2 is 2.17 bits per heavy atom. The smallest absolute Gasteiger partial charge is 0.0886 e. The molecule has 0 spiro atoms. The van der Waals surface area contributed by atoms with Crippen LogP contribution in [0.2, 0.25) is 0 Å². The van der Waals surface area contributed by atoms with E-state index in [-0.39, 0.29) is 0 Å². The highest BCUT2D eigenvalue weighted by atomic mass is 15.3. The lowest BCUT2D eigenvalue weighted by molar-refractivity contribution is 0.623. The van der Waals surface area contributed by atoms with Crippen molar-refractivity contribution in [2.24, 2.45) is 0 Å². The lowest BCUT2D eigenvalue weighted by Crippen LogP contribution is -2.02. The second kappa shape index (κ2) is 2.97. The van der Waals surface area contributed by atoms with E-state index in [9.17, 15) is 0 Å². The summed E-state index contributed by atoms with van der Waals surface area (Å²) in [6.07, 6.45) is 11.4. The lowest BCUT2D eigenvalue weighted by atomic mass is 10.3. The molecule has 0 atom stereocenters. The van der Waals surface area contributed by atoms with Gasteiger partial charge < -0.3 is 0 Å². The number of hydrogen-bond acceptors (Lipinski definition) is 1. The summed E-state index contributed by atoms with van der Waals surface area (Å²) in [5.41, 5.74) is 1.16. The van der Waals surface area contributed by atoms with Crippen LogP contribution in [0.4, 0.5) is 0 Å². The van der Waals surface area contributed by atoms with Crippen molar-refractivity contribution in [2.45, 2.75) is 19.4 Å². The second-order valence-electron chi connectivity index (χ2n) is 2.90. The minimum Gasteiger partial charge on any atom is -0.262 e. The summed E-state index contributed by atoms with van der Waals surface area (Å²) in [6, 6.07) is 2.41. The topological polar surface area (TPSA) is 17.8 Å². The summed E-state index contributed by atoms with van der Waals surface area (Å²) in [6.45, 7) is 2.12. The van der Waals surface area contributed by atoms with Crippen molar-refractivity contribution in [1.29, 1.82) is 0 Å². The van der Waals surface area contributed by atoms with Crippen molar-refractivity contribution < 1.29 is 0 Å². The maximum atomic E-state index is 4.42. The minimum atomic E-state index is 0.338. The summed E-state index contributed by atoms with van der Waals surface area (Å²) in [7, 11) is 0. The van der Waals surface area contributed by atoms with Crippen LogP contribution < -0.4 is 0 Å². The highest BCUT2D eigenvalue weighted by Gasteiger charge is 2.06. The number of rotatable bonds is 2. The van der Waals surface area contributed by atoms with Gasteiger partial charge in [-0.15, -0.1) is 0 Å². The maximum absolute atomic E-state index is 4.42. The van der Waals surface area contributed by atoms with Gasteiger partial charge in [-0.25, -0.2) is 0 Å². The van der Waals surface area contributed by atoms with Gasteiger partial charge in [-0.3, -0.25) is 4.68 Å². The van der Waals surface area contributed by atoms with Crippen LogP contribution in [0.3, 0.4) is 0 Å². The first-order valence-corrected chi connectivity index (χ1v) is 4.29. The van der Waals surface area contributed by atoms with Crippen molar-refractivity contribution in [3.8, 4) is 0 Å². The first kappa shape index (κ1) is 7.35. The van der Waals surface area contributed by atoms with Gasteiger partial charge in [0.15, 0.2) is 0 Å². The molecule has 0 aliphatic heterocycles. The van der Waals surface area contributed by atoms with E-state index in [0.29, 0.717) is 6.04 Å². The quantitative estimate of drug-likeness (QED) is 0.648. The van der Waals surface area contributed by atoms with Gasteiger partial charge in [0, 0.05) is 6.20 Å². The standard InChI is InChI=1S/C10H12N2/c1-2-9-7-8-12(11-9)10-5-3-4-6-10/h3-8,10H,2H2,1H3. The maximum Gasteiger partial charge on any atom is 0.0886 e. The van der Waals surface area contributed by atoms with Crippen LogP contribution in [0.25, 0.3) is 0 Å². The zero-order valence-electron chi connectivity index (χ0n) is 7.14. The molecular formula is C10H12N2. The van der Waals surface area contributed by atoms with Crippen LogP contribution in [-0.4, -0.2) is 9.78 Å². The minimum absolute atomic E-state index is 0.338. The van der Waals surface area contributed by atoms with Crippen molar-refractivity contribution in [3.05, 3.63) is 42.3 Å². The van der Waals surface area contributed by atoms with Gasteiger partial charge in [-0.2, -0.15) is 5.10 Å². The Hall–Kier alpha value is -1.31. The van der Waals surface area contributed by atoms with E-state index in [4.69, 9.17) is 0 Å². The number of hydrogen-bond donors (Lipinski definition) is 0. The van der Waals surface area contributed by atoms with Crippen LogP contribution in [-0.2, 0) is 6.42 Å². The SMILES string of the molecule is CCc1ccn(C2C=CC=C2)n1. The molecule has 1 aliphatic rings. The molecular weight excluding hydrogens is 148 g/mol. The Labute approximate surface area is 72.2 Å². The average molecular weight is 160 g/mol. The van der Waals surface area contributed by atoms with Crippen LogP contribution in [0.5, 0.6) is 0 Å². The van der Waals surface area contributed by atoms with Crippen molar-refractivity contribution in [3.63, 3.8) is 0 Å². The Bertz CT molecular complexity index is 308. The number of aromatic nitrogens is 2. The van der Waals surface area contributed by atoms with E-state index in [1.165, 1.54) is 0 Å². The summed E-state index contributed by atoms with van der Waals surface area (Å²) in [5, 5.41) is 4.42. The van der Waals surface area contributed by atoms with Gasteiger partial charge in [-0.05, 0) is 12.5 Å². The molecule has 1 aromatic rings. The average Bonchev–Trinajstić information content (AvgIpc) is 2.75. The third-order valence-corrected chi connectivity index (χ3v) is 2.06. The predicted molar refractivity (Wildman–Crippen MR) is 48.9 cm³/mol. The fraction of sp³-hybridized carbons (Fsp3) is 0.300. The Morgan fingerprint density at radius 3 is 2.75 bits per heavy atom. The molecule has 1 heterocycles. The fourth-order valence-corrected chi connectivity index (χ4v) is 1.33. The predicted octanol–water partition coefficient (Wildman–Crippen LogP) is 2.11. The van der Waals surface area contributed by atoms with E-state index >= 15 is 0 Å². The van der Waals surface area contributed by atoms with Crippen LogP contribution in [0, 0.1) is 0 Å². The van der Waals surface area contributed by atoms with Gasteiger partial charge >= 0.3 is 0 Å². The van der Waals surface area contributed by atoms with Gasteiger partial charge in [0.2, 0.25) is 0 Å². The molecule has 0 unspecified atom stereocenters. The van der Waals surface area contributed by atoms with Crippen molar-refractivity contribution >= 4 is 0 Å². The molecule has 2 heteroatoms. The van der Waals surface area contributed by atoms with E-state index < -0.39 is 0 Å². The third kappa shape index (κ3) is 1.20. The lowest BCUT2D eigenvalue weighted by Gasteiger charge is -2.04. The molecule has 2 nitrogen and oxygen atoms in total. The summed E-state index contributed by atoms with van der Waals surface area (Å²) in [4.78, 5) is 0. The molecule has 0 saturated carbocycles. The molecule has 0 N–H and O–H groups in total. The molecule has 12 heavy (non-hydrogen) atoms. The Morgan fingerprint density at radius 1 is 1.42 bits per heavy atom. The number of nitrogens with zero attached hydrogens (tertiary/aromatic N) is 2. The molecule has 1 aromatic heterocycles. The zero-order chi connectivity index (χ0) is 8.39. The number of allylic oxidation sites excluding steroid dienone is 4. The van der Waals surface area contributed by atoms with Gasteiger partial charge in [0.25, 0.3) is 0 Å². The van der Waals surface area contributed by atoms with E-state index in [2.05, 4.69) is 42.4 Å². The Balaban J connectivity index is 2.22. The van der Waals surface area contributed by atoms with Gasteiger partial charge in [0.05, 0.1) is 11.7 Å². The monoisotopic (exact) mass is 160 g/mol. The van der Waals surface area contributed by atoms with Crippen molar-refractivity contribution in [1.82, 2.24) is 9.78 Å². The van der Waals surface area contributed by atoms with Gasteiger partial charge in [0.1, 0.15) is 0 Å². The number of aryl methyl sites for hydroxylation is 1. The van der Waals surface area contributed by atoms with E-state index in [1.54, 1.807) is 0 Å². The van der Waals surface area contributed by atoms with Crippen molar-refractivity contribution in [2.75, 3.05) is 0 Å². The molecule has 0 aromatic carbocycles. The second-order valence-corrected chi connectivity index (χ2v) is 2.90. The molecule has 0 amide bonds. The van der Waals surface area contributed by atoms with Crippen LogP contribution in [0.15, 0.2) is 36.6 Å². The van der Waals surface area contributed by atoms with Crippen LogP contribution in [0.1, 0.15) is 18.7 Å². The van der Waals surface area contributed by atoms with Gasteiger partial charge in [-0.1, -0.05) is 31.2 Å². The fourth-order valence-electron chi connectivity index (χ4n) is 1.33. The highest BCUT2D eigenvalue weighted by molar-refractivity contribution is 5.20. The van der Waals surface area contributed by atoms with Crippen LogP contribution >= 0.6 is 0 Å². The summed E-state index contributed by atoms with van der Waals surface area (Å²) >= 11 is 0. The van der Waals surface area contributed by atoms with E-state index in [0.717, 1.165) is 12.1 Å². The summed E-state index contributed by atoms with van der Waals surface area (Å²) < 4.78 is 1.98. The molecule has 1 aliphatic carbocycles. The molecule has 0 bridgehead atoms. The molecule has 0 radical (unpaired) electrons. The Kier molecular flexibility index (Phi) is 1.82. The molecule has 2 rings (SSSR count). The first-order chi connectivity index (χ1) is 5.90. The normalized spacial score (nSPS) is 16.1. The largest absolute Gasteiger partial charge is 0.262 e. The summed E-state index contributed by atoms with van der Waals surface area (Å²) in [5.74, 6) is 0. The molecule has 0 fully saturated rings.